The van der Waals surface area contributed by atoms with Crippen LogP contribution in [0.1, 0.15) is 44.2 Å². The number of aryl methyl sites for hydroxylation is 1. The van der Waals surface area contributed by atoms with Gasteiger partial charge in [0.05, 0.1) is 0 Å². The normalized spacial score (nSPS) is 11.7. The summed E-state index contributed by atoms with van der Waals surface area (Å²) in [5.74, 6) is 1.16. The lowest BCUT2D eigenvalue weighted by Crippen LogP contribution is -2.37. The number of benzene rings is 1. The van der Waals surface area contributed by atoms with Crippen molar-refractivity contribution < 1.29 is 9.53 Å². The van der Waals surface area contributed by atoms with Crippen molar-refractivity contribution >= 4 is 18.3 Å². The first-order chi connectivity index (χ1) is 9.95. The molecule has 0 aliphatic heterocycles. The first-order valence-electron chi connectivity index (χ1n) is 7.65. The van der Waals surface area contributed by atoms with Crippen LogP contribution in [0, 0.1) is 6.92 Å². The number of amides is 1. The van der Waals surface area contributed by atoms with Crippen molar-refractivity contribution in [3.8, 4) is 5.75 Å². The highest BCUT2D eigenvalue weighted by molar-refractivity contribution is 5.85. The number of hydrogen-bond acceptors (Lipinski definition) is 3. The number of nitrogens with one attached hydrogen (secondary N) is 2. The van der Waals surface area contributed by atoms with Gasteiger partial charge >= 0.3 is 0 Å². The minimum atomic E-state index is -0.485. The Kier molecular flexibility index (Phi) is 9.86. The molecule has 0 aromatic heterocycles. The molecule has 1 amide bonds. The second-order valence-corrected chi connectivity index (χ2v) is 5.69. The standard InChI is InChI=1S/C17H28N2O2.ClH/c1-12(2)15-8-7-13(3)16(11-15)21-14(4)17(20)19-10-6-9-18-5;/h7-8,11-12,14,18H,6,9-10H2,1-5H3,(H,19,20);1H. The third kappa shape index (κ3) is 6.67. The molecule has 1 atom stereocenters. The molecular weight excluding hydrogens is 300 g/mol. The predicted octanol–water partition coefficient (Wildman–Crippen LogP) is 3.03. The van der Waals surface area contributed by atoms with Crippen LogP contribution in [0.2, 0.25) is 0 Å². The van der Waals surface area contributed by atoms with Gasteiger partial charge in [-0.1, -0.05) is 26.0 Å². The van der Waals surface area contributed by atoms with Gasteiger partial charge in [0.1, 0.15) is 5.75 Å². The molecule has 5 heteroatoms. The summed E-state index contributed by atoms with van der Waals surface area (Å²) in [7, 11) is 1.90. The zero-order chi connectivity index (χ0) is 15.8. The van der Waals surface area contributed by atoms with Crippen molar-refractivity contribution in [1.29, 1.82) is 0 Å². The van der Waals surface area contributed by atoms with E-state index >= 15 is 0 Å². The first-order valence-corrected chi connectivity index (χ1v) is 7.65. The minimum Gasteiger partial charge on any atom is -0.481 e. The summed E-state index contributed by atoms with van der Waals surface area (Å²) in [5, 5.41) is 5.94. The van der Waals surface area contributed by atoms with E-state index in [1.807, 2.05) is 26.1 Å². The predicted molar refractivity (Wildman–Crippen MR) is 94.2 cm³/mol. The maximum absolute atomic E-state index is 12.0. The van der Waals surface area contributed by atoms with Gasteiger partial charge in [-0.3, -0.25) is 4.79 Å². The number of carbonyl (C=O) groups excluding carboxylic acids is 1. The number of ether oxygens (including phenoxy) is 1. The van der Waals surface area contributed by atoms with Crippen molar-refractivity contribution in [1.82, 2.24) is 10.6 Å². The van der Waals surface area contributed by atoms with E-state index in [0.29, 0.717) is 12.5 Å². The molecule has 126 valence electrons. The number of hydrogen-bond donors (Lipinski definition) is 2. The lowest BCUT2D eigenvalue weighted by Gasteiger charge is -2.18. The van der Waals surface area contributed by atoms with Crippen LogP contribution < -0.4 is 15.4 Å². The average Bonchev–Trinajstić information content (AvgIpc) is 2.45. The molecule has 0 fully saturated rings. The lowest BCUT2D eigenvalue weighted by atomic mass is 10.0. The van der Waals surface area contributed by atoms with Gasteiger partial charge in [-0.05, 0) is 57.0 Å². The van der Waals surface area contributed by atoms with Gasteiger partial charge in [0.15, 0.2) is 6.10 Å². The summed E-state index contributed by atoms with van der Waals surface area (Å²) < 4.78 is 5.83. The first kappa shape index (κ1) is 20.7. The molecule has 0 heterocycles. The van der Waals surface area contributed by atoms with Crippen molar-refractivity contribution in [3.05, 3.63) is 29.3 Å². The third-order valence-corrected chi connectivity index (χ3v) is 3.45. The number of carbonyl (C=O) groups is 1. The molecule has 1 aromatic rings. The molecule has 1 aromatic carbocycles. The van der Waals surface area contributed by atoms with Crippen LogP contribution in [0.15, 0.2) is 18.2 Å². The topological polar surface area (TPSA) is 50.4 Å². The van der Waals surface area contributed by atoms with Crippen LogP contribution >= 0.6 is 12.4 Å². The largest absolute Gasteiger partial charge is 0.481 e. The van der Waals surface area contributed by atoms with Gasteiger partial charge in [-0.15, -0.1) is 12.4 Å². The van der Waals surface area contributed by atoms with E-state index in [1.165, 1.54) is 5.56 Å². The molecule has 4 nitrogen and oxygen atoms in total. The van der Waals surface area contributed by atoms with Gasteiger partial charge in [-0.25, -0.2) is 0 Å². The summed E-state index contributed by atoms with van der Waals surface area (Å²) >= 11 is 0. The molecule has 0 spiro atoms. The van der Waals surface area contributed by atoms with Crippen LogP contribution in [0.5, 0.6) is 5.75 Å². The van der Waals surface area contributed by atoms with Gasteiger partial charge in [0, 0.05) is 6.54 Å². The van der Waals surface area contributed by atoms with Gasteiger partial charge in [-0.2, -0.15) is 0 Å². The highest BCUT2D eigenvalue weighted by atomic mass is 35.5. The van der Waals surface area contributed by atoms with E-state index in [4.69, 9.17) is 4.74 Å². The van der Waals surface area contributed by atoms with Crippen LogP contribution in [-0.4, -0.2) is 32.1 Å². The van der Waals surface area contributed by atoms with Crippen molar-refractivity contribution in [2.24, 2.45) is 0 Å². The molecule has 22 heavy (non-hydrogen) atoms. The summed E-state index contributed by atoms with van der Waals surface area (Å²) in [4.78, 5) is 12.0. The SMILES string of the molecule is CNCCCNC(=O)C(C)Oc1cc(C(C)C)ccc1C.Cl. The van der Waals surface area contributed by atoms with E-state index < -0.39 is 6.10 Å². The molecule has 1 unspecified atom stereocenters. The fraction of sp³-hybridized carbons (Fsp3) is 0.588. The smallest absolute Gasteiger partial charge is 0.260 e. The average molecular weight is 329 g/mol. The summed E-state index contributed by atoms with van der Waals surface area (Å²) in [6, 6.07) is 6.18. The summed E-state index contributed by atoms with van der Waals surface area (Å²) in [6.07, 6.45) is 0.428. The molecule has 0 saturated carbocycles. The van der Waals surface area contributed by atoms with Crippen LogP contribution in [0.4, 0.5) is 0 Å². The second-order valence-electron chi connectivity index (χ2n) is 5.69. The van der Waals surface area contributed by atoms with E-state index in [-0.39, 0.29) is 18.3 Å². The Bertz CT molecular complexity index is 464. The zero-order valence-corrected chi connectivity index (χ0v) is 15.0. The number of halogens is 1. The molecule has 2 N–H and O–H groups in total. The Hall–Kier alpha value is -1.26. The van der Waals surface area contributed by atoms with E-state index in [9.17, 15) is 4.79 Å². The Balaban J connectivity index is 0.00000441. The maximum atomic E-state index is 12.0. The molecule has 1 rings (SSSR count). The molecule has 0 radical (unpaired) electrons. The number of rotatable bonds is 8. The third-order valence-electron chi connectivity index (χ3n) is 3.45. The summed E-state index contributed by atoms with van der Waals surface area (Å²) in [6.45, 7) is 9.63. The monoisotopic (exact) mass is 328 g/mol. The highest BCUT2D eigenvalue weighted by Gasteiger charge is 2.15. The van der Waals surface area contributed by atoms with Crippen LogP contribution in [0.3, 0.4) is 0 Å². The molecule has 0 aliphatic rings. The van der Waals surface area contributed by atoms with Crippen molar-refractivity contribution in [2.75, 3.05) is 20.1 Å². The zero-order valence-electron chi connectivity index (χ0n) is 14.2. The Labute approximate surface area is 140 Å². The highest BCUT2D eigenvalue weighted by Crippen LogP contribution is 2.25. The molecule has 0 saturated heterocycles. The fourth-order valence-electron chi connectivity index (χ4n) is 1.97. The summed E-state index contributed by atoms with van der Waals surface area (Å²) in [5.41, 5.74) is 2.27. The maximum Gasteiger partial charge on any atom is 0.260 e. The van der Waals surface area contributed by atoms with Gasteiger partial charge in [0.2, 0.25) is 0 Å². The molecule has 0 bridgehead atoms. The minimum absolute atomic E-state index is 0. The van der Waals surface area contributed by atoms with Crippen LogP contribution in [-0.2, 0) is 4.79 Å². The molecule has 0 aliphatic carbocycles. The Morgan fingerprint density at radius 3 is 2.50 bits per heavy atom. The Morgan fingerprint density at radius 2 is 1.91 bits per heavy atom. The second kappa shape index (κ2) is 10.5. The van der Waals surface area contributed by atoms with E-state index in [2.05, 4.69) is 30.5 Å². The molecular formula is C17H29ClN2O2. The Morgan fingerprint density at radius 1 is 1.23 bits per heavy atom. The van der Waals surface area contributed by atoms with Gasteiger partial charge < -0.3 is 15.4 Å². The van der Waals surface area contributed by atoms with Crippen molar-refractivity contribution in [2.45, 2.75) is 46.1 Å². The quantitative estimate of drug-likeness (QED) is 0.721. The van der Waals surface area contributed by atoms with Crippen molar-refractivity contribution in [3.63, 3.8) is 0 Å². The fourth-order valence-corrected chi connectivity index (χ4v) is 1.97. The van der Waals surface area contributed by atoms with Gasteiger partial charge in [0.25, 0.3) is 5.91 Å². The van der Waals surface area contributed by atoms with Crippen LogP contribution in [0.25, 0.3) is 0 Å². The van der Waals surface area contributed by atoms with E-state index in [0.717, 1.165) is 24.3 Å². The van der Waals surface area contributed by atoms with E-state index in [1.54, 1.807) is 6.92 Å². The lowest BCUT2D eigenvalue weighted by molar-refractivity contribution is -0.127.